The summed E-state index contributed by atoms with van der Waals surface area (Å²) in [4.78, 5) is 34.2. The minimum atomic E-state index is -0.469. The van der Waals surface area contributed by atoms with Crippen LogP contribution in [0.3, 0.4) is 0 Å². The fourth-order valence-electron chi connectivity index (χ4n) is 4.48. The van der Waals surface area contributed by atoms with Crippen LogP contribution in [0.5, 0.6) is 0 Å². The highest BCUT2D eigenvalue weighted by Gasteiger charge is 2.22. The van der Waals surface area contributed by atoms with Crippen LogP contribution >= 0.6 is 0 Å². The summed E-state index contributed by atoms with van der Waals surface area (Å²) in [6, 6.07) is 17.9. The Morgan fingerprint density at radius 2 is 1.85 bits per heavy atom. The standard InChI is InChI=1S/C31H39N5O5/c1-2-29(25-9-11-26(12-10-25)30(37)34-28-8-4-3-7-27(28)32)41-31(38)36(23-24-6-5-13-33-22-24)17-21-40-20-16-35-14-18-39-19-15-35/h3-13,22,29H,2,14-21,23,32H2,1H3,(H,34,37)/t29-/m0/s1. The number of carbonyl (C=O) groups excluding carboxylic acids is 2. The number of amides is 2. The summed E-state index contributed by atoms with van der Waals surface area (Å²) < 4.78 is 17.2. The van der Waals surface area contributed by atoms with Crippen molar-refractivity contribution in [2.75, 3.05) is 63.7 Å². The normalized spacial score (nSPS) is 14.3. The first-order chi connectivity index (χ1) is 20.0. The van der Waals surface area contributed by atoms with E-state index in [1.807, 2.05) is 43.3 Å². The zero-order valence-corrected chi connectivity index (χ0v) is 23.5. The van der Waals surface area contributed by atoms with Gasteiger partial charge in [0.15, 0.2) is 0 Å². The zero-order chi connectivity index (χ0) is 28.9. The molecular formula is C31H39N5O5. The lowest BCUT2D eigenvalue weighted by molar-refractivity contribution is 0.0147. The van der Waals surface area contributed by atoms with Gasteiger partial charge in [0.2, 0.25) is 0 Å². The number of anilines is 2. The molecule has 0 unspecified atom stereocenters. The van der Waals surface area contributed by atoms with Gasteiger partial charge in [-0.25, -0.2) is 4.79 Å². The minimum absolute atomic E-state index is 0.268. The molecule has 2 aromatic carbocycles. The fraction of sp³-hybridized carbons (Fsp3) is 0.387. The molecule has 1 aromatic heterocycles. The van der Waals surface area contributed by atoms with E-state index in [2.05, 4.69) is 15.2 Å². The van der Waals surface area contributed by atoms with Gasteiger partial charge in [0.05, 0.1) is 44.3 Å². The van der Waals surface area contributed by atoms with Crippen LogP contribution in [0, 0.1) is 0 Å². The van der Waals surface area contributed by atoms with Gasteiger partial charge >= 0.3 is 6.09 Å². The molecule has 10 nitrogen and oxygen atoms in total. The van der Waals surface area contributed by atoms with Gasteiger partial charge in [0.1, 0.15) is 6.10 Å². The summed E-state index contributed by atoms with van der Waals surface area (Å²) in [5.74, 6) is -0.268. The van der Waals surface area contributed by atoms with Crippen molar-refractivity contribution in [1.82, 2.24) is 14.8 Å². The topological polar surface area (TPSA) is 119 Å². The molecule has 1 aliphatic rings. The molecular weight excluding hydrogens is 522 g/mol. The lowest BCUT2D eigenvalue weighted by atomic mass is 10.0. The van der Waals surface area contributed by atoms with Gasteiger partial charge in [-0.2, -0.15) is 0 Å². The Morgan fingerprint density at radius 1 is 1.07 bits per heavy atom. The van der Waals surface area contributed by atoms with E-state index < -0.39 is 12.2 Å². The van der Waals surface area contributed by atoms with Crippen molar-refractivity contribution in [1.29, 1.82) is 0 Å². The van der Waals surface area contributed by atoms with Crippen molar-refractivity contribution in [3.05, 3.63) is 89.7 Å². The van der Waals surface area contributed by atoms with Crippen molar-refractivity contribution in [3.63, 3.8) is 0 Å². The molecule has 2 heterocycles. The number of ether oxygens (including phenoxy) is 3. The van der Waals surface area contributed by atoms with Crippen LogP contribution in [-0.2, 0) is 20.8 Å². The quantitative estimate of drug-likeness (QED) is 0.234. The van der Waals surface area contributed by atoms with Gasteiger partial charge in [-0.3, -0.25) is 14.7 Å². The van der Waals surface area contributed by atoms with E-state index in [0.29, 0.717) is 49.7 Å². The number of nitrogens with two attached hydrogens (primary N) is 1. The Morgan fingerprint density at radius 3 is 2.56 bits per heavy atom. The van der Waals surface area contributed by atoms with E-state index in [4.69, 9.17) is 19.9 Å². The van der Waals surface area contributed by atoms with Crippen LogP contribution in [0.15, 0.2) is 73.1 Å². The average molecular weight is 562 g/mol. The van der Waals surface area contributed by atoms with E-state index in [0.717, 1.165) is 44.0 Å². The summed E-state index contributed by atoms with van der Waals surface area (Å²) >= 11 is 0. The van der Waals surface area contributed by atoms with Crippen molar-refractivity contribution >= 4 is 23.4 Å². The van der Waals surface area contributed by atoms with Crippen LogP contribution in [0.25, 0.3) is 0 Å². The third kappa shape index (κ3) is 9.28. The maximum atomic E-state index is 13.3. The zero-order valence-electron chi connectivity index (χ0n) is 23.5. The number of pyridine rings is 1. The number of nitrogens with one attached hydrogen (secondary N) is 1. The first-order valence-electron chi connectivity index (χ1n) is 14.0. The van der Waals surface area contributed by atoms with Crippen LogP contribution < -0.4 is 11.1 Å². The lowest BCUT2D eigenvalue weighted by Gasteiger charge is -2.27. The van der Waals surface area contributed by atoms with Gasteiger partial charge in [0.25, 0.3) is 5.91 Å². The molecule has 1 aliphatic heterocycles. The average Bonchev–Trinajstić information content (AvgIpc) is 3.01. The van der Waals surface area contributed by atoms with Gasteiger partial charge in [-0.15, -0.1) is 0 Å². The van der Waals surface area contributed by atoms with Crippen LogP contribution in [0.4, 0.5) is 16.2 Å². The highest BCUT2D eigenvalue weighted by molar-refractivity contribution is 6.05. The van der Waals surface area contributed by atoms with Crippen molar-refractivity contribution in [2.45, 2.75) is 26.0 Å². The monoisotopic (exact) mass is 561 g/mol. The van der Waals surface area contributed by atoms with Crippen LogP contribution in [-0.4, -0.2) is 79.4 Å². The fourth-order valence-corrected chi connectivity index (χ4v) is 4.48. The highest BCUT2D eigenvalue weighted by Crippen LogP contribution is 2.24. The smallest absolute Gasteiger partial charge is 0.410 e. The van der Waals surface area contributed by atoms with E-state index in [1.54, 1.807) is 41.6 Å². The summed E-state index contributed by atoms with van der Waals surface area (Å²) in [7, 11) is 0. The molecule has 0 saturated carbocycles. The maximum Gasteiger partial charge on any atom is 0.410 e. The third-order valence-electron chi connectivity index (χ3n) is 6.88. The number of aromatic nitrogens is 1. The molecule has 1 atom stereocenters. The second-order valence-corrected chi connectivity index (χ2v) is 9.79. The predicted molar refractivity (Wildman–Crippen MR) is 157 cm³/mol. The second-order valence-electron chi connectivity index (χ2n) is 9.79. The Labute approximate surface area is 241 Å². The molecule has 218 valence electrons. The molecule has 2 amide bonds. The molecule has 0 aliphatic carbocycles. The molecule has 0 radical (unpaired) electrons. The molecule has 3 N–H and O–H groups in total. The molecule has 1 fully saturated rings. The summed E-state index contributed by atoms with van der Waals surface area (Å²) in [5, 5.41) is 2.83. The molecule has 4 rings (SSSR count). The number of benzene rings is 2. The number of carbonyl (C=O) groups is 2. The molecule has 3 aromatic rings. The molecule has 0 bridgehead atoms. The Balaban J connectivity index is 1.34. The number of hydrogen-bond acceptors (Lipinski definition) is 8. The SMILES string of the molecule is CC[C@H](OC(=O)N(CCOCCN1CCOCC1)Cc1cccnc1)c1ccc(C(=O)Nc2ccccc2N)cc1. The number of para-hydroxylation sites is 2. The number of rotatable bonds is 13. The summed E-state index contributed by atoms with van der Waals surface area (Å²) in [6.07, 6.45) is 3.12. The highest BCUT2D eigenvalue weighted by atomic mass is 16.6. The van der Waals surface area contributed by atoms with E-state index in [9.17, 15) is 9.59 Å². The Kier molecular flexibility index (Phi) is 11.5. The number of hydrogen-bond donors (Lipinski definition) is 2. The molecule has 1 saturated heterocycles. The van der Waals surface area contributed by atoms with E-state index in [-0.39, 0.29) is 5.91 Å². The number of nitrogen functional groups attached to an aromatic ring is 1. The first-order valence-corrected chi connectivity index (χ1v) is 14.0. The Hall–Kier alpha value is -3.99. The third-order valence-corrected chi connectivity index (χ3v) is 6.88. The minimum Gasteiger partial charge on any atom is -0.441 e. The Bertz CT molecular complexity index is 1240. The van der Waals surface area contributed by atoms with E-state index >= 15 is 0 Å². The molecule has 10 heteroatoms. The van der Waals surface area contributed by atoms with Crippen molar-refractivity contribution < 1.29 is 23.8 Å². The molecule has 0 spiro atoms. The van der Waals surface area contributed by atoms with Gasteiger partial charge < -0.3 is 30.2 Å². The van der Waals surface area contributed by atoms with Gasteiger partial charge in [0, 0.05) is 44.1 Å². The maximum absolute atomic E-state index is 13.3. The van der Waals surface area contributed by atoms with Crippen molar-refractivity contribution in [2.24, 2.45) is 0 Å². The number of morpholine rings is 1. The summed E-state index contributed by atoms with van der Waals surface area (Å²) in [6.45, 7) is 7.84. The predicted octanol–water partition coefficient (Wildman–Crippen LogP) is 4.35. The second kappa shape index (κ2) is 15.7. The first kappa shape index (κ1) is 30.0. The van der Waals surface area contributed by atoms with Gasteiger partial charge in [-0.1, -0.05) is 37.3 Å². The number of nitrogens with zero attached hydrogens (tertiary/aromatic N) is 3. The summed E-state index contributed by atoms with van der Waals surface area (Å²) in [5.41, 5.74) is 9.18. The largest absolute Gasteiger partial charge is 0.441 e. The van der Waals surface area contributed by atoms with Crippen LogP contribution in [0.2, 0.25) is 0 Å². The molecule has 41 heavy (non-hydrogen) atoms. The van der Waals surface area contributed by atoms with Crippen molar-refractivity contribution in [3.8, 4) is 0 Å². The van der Waals surface area contributed by atoms with E-state index in [1.165, 1.54) is 0 Å². The van der Waals surface area contributed by atoms with Gasteiger partial charge in [-0.05, 0) is 47.9 Å². The van der Waals surface area contributed by atoms with Crippen LogP contribution in [0.1, 0.15) is 40.9 Å². The lowest BCUT2D eigenvalue weighted by Crippen LogP contribution is -2.39.